The van der Waals surface area contributed by atoms with E-state index in [9.17, 15) is 5.11 Å². The molecule has 110 valence electrons. The molecule has 20 heavy (non-hydrogen) atoms. The third-order valence-electron chi connectivity index (χ3n) is 4.62. The molecular formula is C15H23N3O2. The van der Waals surface area contributed by atoms with Gasteiger partial charge in [0.05, 0.1) is 11.7 Å². The molecule has 0 unspecified atom stereocenters. The standard InChI is InChI=1S/C15H23N3O2/c1-2-12-10-14(17-11-16-12)18-7-5-15(6-8-18)13(19)4-3-9-20-15/h10-11,13,19H,2-9H2,1H3/t13-/m1/s1. The van der Waals surface area contributed by atoms with Gasteiger partial charge >= 0.3 is 0 Å². The van der Waals surface area contributed by atoms with Crippen LogP contribution in [0.2, 0.25) is 0 Å². The van der Waals surface area contributed by atoms with E-state index >= 15 is 0 Å². The van der Waals surface area contributed by atoms with Gasteiger partial charge in [-0.2, -0.15) is 0 Å². The summed E-state index contributed by atoms with van der Waals surface area (Å²) in [7, 11) is 0. The highest BCUT2D eigenvalue weighted by Crippen LogP contribution is 2.36. The molecule has 1 spiro atoms. The first-order valence-electron chi connectivity index (χ1n) is 7.61. The van der Waals surface area contributed by atoms with Crippen molar-refractivity contribution in [2.24, 2.45) is 0 Å². The van der Waals surface area contributed by atoms with Gasteiger partial charge in [0.15, 0.2) is 0 Å². The Morgan fingerprint density at radius 1 is 1.40 bits per heavy atom. The largest absolute Gasteiger partial charge is 0.390 e. The van der Waals surface area contributed by atoms with Crippen molar-refractivity contribution in [1.29, 1.82) is 0 Å². The third-order valence-corrected chi connectivity index (χ3v) is 4.62. The zero-order chi connectivity index (χ0) is 14.0. The van der Waals surface area contributed by atoms with Gasteiger partial charge in [0.1, 0.15) is 12.1 Å². The van der Waals surface area contributed by atoms with Crippen LogP contribution in [-0.4, -0.2) is 46.5 Å². The molecule has 0 saturated carbocycles. The highest BCUT2D eigenvalue weighted by molar-refractivity contribution is 5.39. The van der Waals surface area contributed by atoms with Crippen LogP contribution in [0.4, 0.5) is 5.82 Å². The second-order valence-electron chi connectivity index (χ2n) is 5.78. The number of aryl methyl sites for hydroxylation is 1. The molecule has 2 saturated heterocycles. The molecule has 1 aromatic rings. The molecule has 1 atom stereocenters. The van der Waals surface area contributed by atoms with Gasteiger partial charge < -0.3 is 14.7 Å². The van der Waals surface area contributed by atoms with Crippen LogP contribution in [0.3, 0.4) is 0 Å². The molecule has 1 N–H and O–H groups in total. The maximum atomic E-state index is 10.3. The molecule has 0 radical (unpaired) electrons. The summed E-state index contributed by atoms with van der Waals surface area (Å²) in [6.07, 6.45) is 5.85. The second-order valence-corrected chi connectivity index (χ2v) is 5.78. The lowest BCUT2D eigenvalue weighted by Crippen LogP contribution is -2.55. The predicted molar refractivity (Wildman–Crippen MR) is 76.8 cm³/mol. The van der Waals surface area contributed by atoms with Gasteiger partial charge in [0.2, 0.25) is 0 Å². The van der Waals surface area contributed by atoms with E-state index in [1.165, 1.54) is 0 Å². The van der Waals surface area contributed by atoms with E-state index in [-0.39, 0.29) is 11.7 Å². The predicted octanol–water partition coefficient (Wildman–Crippen LogP) is 1.55. The van der Waals surface area contributed by atoms with E-state index in [4.69, 9.17) is 4.74 Å². The van der Waals surface area contributed by atoms with Crippen LogP contribution >= 0.6 is 0 Å². The van der Waals surface area contributed by atoms with Gasteiger partial charge in [-0.15, -0.1) is 0 Å². The fraction of sp³-hybridized carbons (Fsp3) is 0.733. The molecule has 1 aromatic heterocycles. The Hall–Kier alpha value is -1.20. The van der Waals surface area contributed by atoms with Gasteiger partial charge in [0.25, 0.3) is 0 Å². The molecule has 0 aliphatic carbocycles. The van der Waals surface area contributed by atoms with Gasteiger partial charge in [0, 0.05) is 31.5 Å². The number of aromatic nitrogens is 2. The van der Waals surface area contributed by atoms with Crippen molar-refractivity contribution in [2.75, 3.05) is 24.6 Å². The van der Waals surface area contributed by atoms with Crippen LogP contribution in [-0.2, 0) is 11.2 Å². The van der Waals surface area contributed by atoms with Crippen LogP contribution in [0.25, 0.3) is 0 Å². The molecule has 0 aromatic carbocycles. The highest BCUT2D eigenvalue weighted by Gasteiger charge is 2.43. The molecular weight excluding hydrogens is 254 g/mol. The van der Waals surface area contributed by atoms with Crippen LogP contribution in [0.15, 0.2) is 12.4 Å². The highest BCUT2D eigenvalue weighted by atomic mass is 16.5. The van der Waals surface area contributed by atoms with Crippen molar-refractivity contribution in [3.8, 4) is 0 Å². The lowest BCUT2D eigenvalue weighted by molar-refractivity contribution is -0.164. The number of hydrogen-bond acceptors (Lipinski definition) is 5. The first-order valence-corrected chi connectivity index (χ1v) is 7.61. The normalized spacial score (nSPS) is 25.9. The number of rotatable bonds is 2. The number of aliphatic hydroxyl groups is 1. The van der Waals surface area contributed by atoms with Crippen molar-refractivity contribution < 1.29 is 9.84 Å². The molecule has 2 aliphatic rings. The fourth-order valence-corrected chi connectivity index (χ4v) is 3.26. The summed E-state index contributed by atoms with van der Waals surface area (Å²) in [5.74, 6) is 0.997. The average Bonchev–Trinajstić information content (AvgIpc) is 2.51. The van der Waals surface area contributed by atoms with Crippen LogP contribution < -0.4 is 4.90 Å². The van der Waals surface area contributed by atoms with E-state index in [1.807, 2.05) is 0 Å². The lowest BCUT2D eigenvalue weighted by Gasteiger charge is -2.47. The summed E-state index contributed by atoms with van der Waals surface area (Å²) in [4.78, 5) is 10.9. The number of aliphatic hydroxyl groups excluding tert-OH is 1. The van der Waals surface area contributed by atoms with Crippen LogP contribution in [0, 0.1) is 0 Å². The van der Waals surface area contributed by atoms with E-state index in [0.717, 1.165) is 63.3 Å². The molecule has 5 nitrogen and oxygen atoms in total. The van der Waals surface area contributed by atoms with Crippen LogP contribution in [0.1, 0.15) is 38.3 Å². The van der Waals surface area contributed by atoms with Crippen LogP contribution in [0.5, 0.6) is 0 Å². The Morgan fingerprint density at radius 2 is 2.20 bits per heavy atom. The third kappa shape index (κ3) is 2.52. The van der Waals surface area contributed by atoms with E-state index in [2.05, 4.69) is 27.9 Å². The maximum absolute atomic E-state index is 10.3. The fourth-order valence-electron chi connectivity index (χ4n) is 3.26. The number of hydrogen-bond donors (Lipinski definition) is 1. The van der Waals surface area contributed by atoms with Gasteiger partial charge in [-0.05, 0) is 32.1 Å². The summed E-state index contributed by atoms with van der Waals surface area (Å²) in [6.45, 7) is 4.66. The minimum Gasteiger partial charge on any atom is -0.390 e. The van der Waals surface area contributed by atoms with Crippen molar-refractivity contribution in [2.45, 2.75) is 50.7 Å². The van der Waals surface area contributed by atoms with Crippen molar-refractivity contribution in [1.82, 2.24) is 9.97 Å². The quantitative estimate of drug-likeness (QED) is 0.889. The monoisotopic (exact) mass is 277 g/mol. The zero-order valence-electron chi connectivity index (χ0n) is 12.1. The molecule has 2 fully saturated rings. The molecule has 5 heteroatoms. The summed E-state index contributed by atoms with van der Waals surface area (Å²) in [5.41, 5.74) is 0.763. The van der Waals surface area contributed by atoms with E-state index in [1.54, 1.807) is 6.33 Å². The first kappa shape index (κ1) is 13.8. The van der Waals surface area contributed by atoms with E-state index < -0.39 is 0 Å². The minimum atomic E-state index is -0.310. The smallest absolute Gasteiger partial charge is 0.132 e. The zero-order valence-corrected chi connectivity index (χ0v) is 12.1. The average molecular weight is 277 g/mol. The second kappa shape index (κ2) is 5.66. The Labute approximate surface area is 120 Å². The number of nitrogens with zero attached hydrogens (tertiary/aromatic N) is 3. The summed E-state index contributed by atoms with van der Waals surface area (Å²) in [5, 5.41) is 10.3. The summed E-state index contributed by atoms with van der Waals surface area (Å²) >= 11 is 0. The Balaban J connectivity index is 1.68. The Morgan fingerprint density at radius 3 is 2.90 bits per heavy atom. The topological polar surface area (TPSA) is 58.5 Å². The summed E-state index contributed by atoms with van der Waals surface area (Å²) < 4.78 is 5.94. The summed E-state index contributed by atoms with van der Waals surface area (Å²) in [6, 6.07) is 2.07. The Kier molecular flexibility index (Phi) is 3.89. The maximum Gasteiger partial charge on any atom is 0.132 e. The molecule has 2 aliphatic heterocycles. The van der Waals surface area contributed by atoms with Crippen molar-refractivity contribution in [3.05, 3.63) is 18.1 Å². The first-order chi connectivity index (χ1) is 9.73. The Bertz CT molecular complexity index is 458. The number of piperidine rings is 1. The minimum absolute atomic E-state index is 0.310. The SMILES string of the molecule is CCc1cc(N2CCC3(CC2)OCCC[C@H]3O)ncn1. The van der Waals surface area contributed by atoms with Crippen molar-refractivity contribution >= 4 is 5.82 Å². The van der Waals surface area contributed by atoms with Gasteiger partial charge in [-0.3, -0.25) is 0 Å². The van der Waals surface area contributed by atoms with E-state index in [0.29, 0.717) is 0 Å². The number of anilines is 1. The number of ether oxygens (including phenoxy) is 1. The molecule has 3 rings (SSSR count). The van der Waals surface area contributed by atoms with Gasteiger partial charge in [-0.25, -0.2) is 9.97 Å². The van der Waals surface area contributed by atoms with Crippen molar-refractivity contribution in [3.63, 3.8) is 0 Å². The lowest BCUT2D eigenvalue weighted by atomic mass is 9.82. The molecule has 0 amide bonds. The molecule has 0 bridgehead atoms. The van der Waals surface area contributed by atoms with Gasteiger partial charge in [-0.1, -0.05) is 6.92 Å². The molecule has 3 heterocycles.